The van der Waals surface area contributed by atoms with Crippen LogP contribution in [0.4, 0.5) is 10.1 Å². The number of ether oxygens (including phenoxy) is 1. The zero-order valence-corrected chi connectivity index (χ0v) is 19.1. The fourth-order valence-electron chi connectivity index (χ4n) is 4.16. The molecule has 2 N–H and O–H groups in total. The Hall–Kier alpha value is -3.71. The number of hydrogen-bond acceptors (Lipinski definition) is 4. The smallest absolute Gasteiger partial charge is 0.238 e. The van der Waals surface area contributed by atoms with E-state index >= 15 is 0 Å². The lowest BCUT2D eigenvalue weighted by Crippen LogP contribution is -2.52. The number of carbonyl (C=O) groups is 2. The first-order valence-electron chi connectivity index (χ1n) is 11.3. The number of nitrogens with one attached hydrogen (secondary N) is 2. The summed E-state index contributed by atoms with van der Waals surface area (Å²) in [6, 6.07) is 20.9. The molecule has 1 atom stereocenters. The number of methoxy groups -OCH3 is 1. The third-order valence-corrected chi connectivity index (χ3v) is 6.00. The second-order valence-corrected chi connectivity index (χ2v) is 8.34. The van der Waals surface area contributed by atoms with Crippen molar-refractivity contribution in [3.63, 3.8) is 0 Å². The van der Waals surface area contributed by atoms with Gasteiger partial charge in [-0.05, 0) is 65.9 Å². The second kappa shape index (κ2) is 10.9. The lowest BCUT2D eigenvalue weighted by atomic mass is 9.93. The minimum absolute atomic E-state index is 0.0937. The van der Waals surface area contributed by atoms with E-state index in [2.05, 4.69) is 10.6 Å². The fourth-order valence-corrected chi connectivity index (χ4v) is 4.16. The molecule has 4 rings (SSSR count). The van der Waals surface area contributed by atoms with Crippen LogP contribution in [0.1, 0.15) is 16.7 Å². The molecule has 7 heteroatoms. The van der Waals surface area contributed by atoms with Gasteiger partial charge in [0, 0.05) is 18.8 Å². The Bertz CT molecular complexity index is 1130. The Morgan fingerprint density at radius 2 is 1.71 bits per heavy atom. The summed E-state index contributed by atoms with van der Waals surface area (Å²) in [7, 11) is 1.59. The number of hydrogen-bond donors (Lipinski definition) is 2. The highest BCUT2D eigenvalue weighted by Crippen LogP contribution is 2.24. The summed E-state index contributed by atoms with van der Waals surface area (Å²) in [6.45, 7) is 1.05. The van der Waals surface area contributed by atoms with E-state index in [1.165, 1.54) is 12.1 Å². The maximum atomic E-state index is 13.1. The van der Waals surface area contributed by atoms with E-state index in [1.54, 1.807) is 43.5 Å². The van der Waals surface area contributed by atoms with E-state index in [0.29, 0.717) is 37.4 Å². The van der Waals surface area contributed by atoms with Gasteiger partial charge in [0.2, 0.25) is 11.8 Å². The van der Waals surface area contributed by atoms with Crippen molar-refractivity contribution in [2.24, 2.45) is 0 Å². The van der Waals surface area contributed by atoms with E-state index in [4.69, 9.17) is 4.74 Å². The van der Waals surface area contributed by atoms with Gasteiger partial charge in [-0.15, -0.1) is 0 Å². The monoisotopic (exact) mass is 461 g/mol. The number of benzene rings is 3. The summed E-state index contributed by atoms with van der Waals surface area (Å²) in [5, 5.41) is 5.89. The Labute approximate surface area is 198 Å². The van der Waals surface area contributed by atoms with Gasteiger partial charge in [0.15, 0.2) is 0 Å². The number of fused-ring (bicyclic) bond motifs is 1. The number of anilines is 1. The molecule has 3 aromatic rings. The Kier molecular flexibility index (Phi) is 7.54. The highest BCUT2D eigenvalue weighted by atomic mass is 19.1. The van der Waals surface area contributed by atoms with Gasteiger partial charge in [-0.1, -0.05) is 36.4 Å². The van der Waals surface area contributed by atoms with Crippen LogP contribution in [0.2, 0.25) is 0 Å². The lowest BCUT2D eigenvalue weighted by Gasteiger charge is -2.35. The van der Waals surface area contributed by atoms with Crippen molar-refractivity contribution in [2.45, 2.75) is 25.4 Å². The molecule has 1 aliphatic heterocycles. The van der Waals surface area contributed by atoms with Crippen LogP contribution < -0.4 is 15.4 Å². The standard InChI is InChI=1S/C27H28FN3O3/c1-34-24-12-10-23(11-13-24)30-26(32)18-31-17-21-5-3-2-4-20(21)16-25(31)27(33)29-15-14-19-6-8-22(28)9-7-19/h2-13,25H,14-18H2,1H3,(H,29,33)(H,30,32). The fraction of sp³-hybridized carbons (Fsp3) is 0.259. The van der Waals surface area contributed by atoms with E-state index in [-0.39, 0.29) is 24.2 Å². The summed E-state index contributed by atoms with van der Waals surface area (Å²) < 4.78 is 18.3. The molecule has 6 nitrogen and oxygen atoms in total. The number of rotatable bonds is 8. The van der Waals surface area contributed by atoms with Crippen molar-refractivity contribution in [3.8, 4) is 5.75 Å². The SMILES string of the molecule is COc1ccc(NC(=O)CN2Cc3ccccc3CC2C(=O)NCCc2ccc(F)cc2)cc1. The molecule has 0 spiro atoms. The number of halogens is 1. The predicted molar refractivity (Wildman–Crippen MR) is 129 cm³/mol. The van der Waals surface area contributed by atoms with Crippen LogP contribution >= 0.6 is 0 Å². The van der Waals surface area contributed by atoms with Gasteiger partial charge in [-0.25, -0.2) is 4.39 Å². The topological polar surface area (TPSA) is 70.7 Å². The van der Waals surface area contributed by atoms with Gasteiger partial charge in [-0.3, -0.25) is 14.5 Å². The zero-order valence-electron chi connectivity index (χ0n) is 19.1. The van der Waals surface area contributed by atoms with Crippen LogP contribution in [0.15, 0.2) is 72.8 Å². The van der Waals surface area contributed by atoms with Crippen molar-refractivity contribution in [1.82, 2.24) is 10.2 Å². The molecular formula is C27H28FN3O3. The Morgan fingerprint density at radius 1 is 1.00 bits per heavy atom. The van der Waals surface area contributed by atoms with Gasteiger partial charge in [0.1, 0.15) is 11.6 Å². The van der Waals surface area contributed by atoms with Crippen LogP contribution in [0.25, 0.3) is 0 Å². The normalized spacial score (nSPS) is 15.3. The number of carbonyl (C=O) groups excluding carboxylic acids is 2. The van der Waals surface area contributed by atoms with Crippen molar-refractivity contribution in [1.29, 1.82) is 0 Å². The molecule has 3 aromatic carbocycles. The predicted octanol–water partition coefficient (Wildman–Crippen LogP) is 3.56. The molecule has 0 radical (unpaired) electrons. The Balaban J connectivity index is 1.40. The van der Waals surface area contributed by atoms with Crippen LogP contribution in [-0.2, 0) is 29.0 Å². The lowest BCUT2D eigenvalue weighted by molar-refractivity contribution is -0.128. The molecule has 0 saturated carbocycles. The van der Waals surface area contributed by atoms with E-state index in [9.17, 15) is 14.0 Å². The highest BCUT2D eigenvalue weighted by Gasteiger charge is 2.32. The average Bonchev–Trinajstić information content (AvgIpc) is 2.85. The van der Waals surface area contributed by atoms with Crippen molar-refractivity contribution >= 4 is 17.5 Å². The molecule has 0 aromatic heterocycles. The maximum absolute atomic E-state index is 13.1. The van der Waals surface area contributed by atoms with Gasteiger partial charge >= 0.3 is 0 Å². The Morgan fingerprint density at radius 3 is 2.41 bits per heavy atom. The molecule has 1 heterocycles. The molecule has 1 aliphatic rings. The molecule has 0 aliphatic carbocycles. The van der Waals surface area contributed by atoms with Crippen molar-refractivity contribution in [2.75, 3.05) is 25.5 Å². The molecule has 2 amide bonds. The van der Waals surface area contributed by atoms with Crippen LogP contribution in [-0.4, -0.2) is 43.0 Å². The third kappa shape index (κ3) is 5.99. The van der Waals surface area contributed by atoms with Crippen LogP contribution in [0, 0.1) is 5.82 Å². The summed E-state index contributed by atoms with van der Waals surface area (Å²) in [5.41, 5.74) is 3.86. The second-order valence-electron chi connectivity index (χ2n) is 8.34. The average molecular weight is 462 g/mol. The summed E-state index contributed by atoms with van der Waals surface area (Å²) >= 11 is 0. The van der Waals surface area contributed by atoms with Crippen LogP contribution in [0.5, 0.6) is 5.75 Å². The first-order chi connectivity index (χ1) is 16.5. The number of nitrogens with zero attached hydrogens (tertiary/aromatic N) is 1. The maximum Gasteiger partial charge on any atom is 0.238 e. The summed E-state index contributed by atoms with van der Waals surface area (Å²) in [5.74, 6) is 0.128. The molecule has 0 fully saturated rings. The summed E-state index contributed by atoms with van der Waals surface area (Å²) in [6.07, 6.45) is 1.14. The van der Waals surface area contributed by atoms with E-state index < -0.39 is 6.04 Å². The number of amides is 2. The molecule has 0 saturated heterocycles. The van der Waals surface area contributed by atoms with Gasteiger partial charge in [0.05, 0.1) is 19.7 Å². The van der Waals surface area contributed by atoms with Gasteiger partial charge in [-0.2, -0.15) is 0 Å². The molecule has 0 bridgehead atoms. The van der Waals surface area contributed by atoms with Crippen molar-refractivity contribution in [3.05, 3.63) is 95.3 Å². The largest absolute Gasteiger partial charge is 0.497 e. The van der Waals surface area contributed by atoms with E-state index in [0.717, 1.165) is 16.7 Å². The zero-order chi connectivity index (χ0) is 23.9. The first kappa shape index (κ1) is 23.4. The molecule has 1 unspecified atom stereocenters. The first-order valence-corrected chi connectivity index (χ1v) is 11.3. The minimum Gasteiger partial charge on any atom is -0.497 e. The summed E-state index contributed by atoms with van der Waals surface area (Å²) in [4.78, 5) is 27.8. The minimum atomic E-state index is -0.454. The van der Waals surface area contributed by atoms with Gasteiger partial charge < -0.3 is 15.4 Å². The van der Waals surface area contributed by atoms with Crippen molar-refractivity contribution < 1.29 is 18.7 Å². The van der Waals surface area contributed by atoms with Gasteiger partial charge in [0.25, 0.3) is 0 Å². The molecule has 176 valence electrons. The van der Waals surface area contributed by atoms with Crippen LogP contribution in [0.3, 0.4) is 0 Å². The quantitative estimate of drug-likeness (QED) is 0.538. The molecule has 34 heavy (non-hydrogen) atoms. The highest BCUT2D eigenvalue weighted by molar-refractivity contribution is 5.93. The molecular weight excluding hydrogens is 433 g/mol. The van der Waals surface area contributed by atoms with E-state index in [1.807, 2.05) is 29.2 Å². The third-order valence-electron chi connectivity index (χ3n) is 6.00.